The molecule has 0 aliphatic carbocycles. The predicted octanol–water partition coefficient (Wildman–Crippen LogP) is 0.788. The lowest BCUT2D eigenvalue weighted by Crippen LogP contribution is -2.42. The average Bonchev–Trinajstić information content (AvgIpc) is 2.79. The Bertz CT molecular complexity index is 863. The molecule has 134 valence electrons. The number of hydrogen-bond donors (Lipinski definition) is 1. The van der Waals surface area contributed by atoms with E-state index in [4.69, 9.17) is 5.11 Å². The van der Waals surface area contributed by atoms with Crippen molar-refractivity contribution < 1.29 is 27.9 Å². The number of fused-ring (bicyclic) bond motifs is 1. The zero-order chi connectivity index (χ0) is 18.4. The molecule has 2 amide bonds. The van der Waals surface area contributed by atoms with Crippen molar-refractivity contribution in [3.8, 4) is 0 Å². The van der Waals surface area contributed by atoms with Gasteiger partial charge >= 0.3 is 5.97 Å². The molecule has 1 aromatic carbocycles. The van der Waals surface area contributed by atoms with E-state index in [2.05, 4.69) is 0 Å². The summed E-state index contributed by atoms with van der Waals surface area (Å²) in [6.07, 6.45) is 1.09. The van der Waals surface area contributed by atoms with Crippen LogP contribution in [-0.4, -0.2) is 60.1 Å². The van der Waals surface area contributed by atoms with Crippen LogP contribution < -0.4 is 0 Å². The molecule has 1 saturated heterocycles. The molecule has 0 aromatic heterocycles. The van der Waals surface area contributed by atoms with Gasteiger partial charge in [-0.25, -0.2) is 12.7 Å². The van der Waals surface area contributed by atoms with Crippen LogP contribution in [0.5, 0.6) is 0 Å². The number of carboxylic acid groups (broad SMARTS) is 1. The van der Waals surface area contributed by atoms with Gasteiger partial charge in [-0.05, 0) is 38.0 Å². The minimum atomic E-state index is -3.94. The topological polar surface area (TPSA) is 112 Å². The molecular formula is C16H18N2O6S. The number of carbonyl (C=O) groups is 3. The summed E-state index contributed by atoms with van der Waals surface area (Å²) in [7, 11) is -3.94. The molecule has 1 aromatic rings. The highest BCUT2D eigenvalue weighted by Gasteiger charge is 2.41. The summed E-state index contributed by atoms with van der Waals surface area (Å²) in [6, 6.07) is 3.97. The SMILES string of the molecule is CCN1C(=O)c2ccc(C(=O)N3CCCC(C(=O)O)C3)cc2S1(=O)=O. The Morgan fingerprint density at radius 1 is 1.32 bits per heavy atom. The van der Waals surface area contributed by atoms with Crippen molar-refractivity contribution in [1.29, 1.82) is 0 Å². The number of likely N-dealkylation sites (tertiary alicyclic amines) is 1. The molecular weight excluding hydrogens is 348 g/mol. The van der Waals surface area contributed by atoms with E-state index in [1.807, 2.05) is 0 Å². The molecule has 1 unspecified atom stereocenters. The van der Waals surface area contributed by atoms with Crippen molar-refractivity contribution in [2.24, 2.45) is 5.92 Å². The van der Waals surface area contributed by atoms with Gasteiger partial charge in [0.05, 0.1) is 11.5 Å². The van der Waals surface area contributed by atoms with Crippen LogP contribution in [0.4, 0.5) is 0 Å². The molecule has 1 fully saturated rings. The van der Waals surface area contributed by atoms with Crippen LogP contribution in [0, 0.1) is 5.92 Å². The number of nitrogens with zero attached hydrogens (tertiary/aromatic N) is 2. The molecule has 1 atom stereocenters. The zero-order valence-corrected chi connectivity index (χ0v) is 14.5. The fourth-order valence-electron chi connectivity index (χ4n) is 3.27. The molecule has 0 spiro atoms. The third-order valence-electron chi connectivity index (χ3n) is 4.60. The van der Waals surface area contributed by atoms with E-state index in [-0.39, 0.29) is 29.1 Å². The van der Waals surface area contributed by atoms with Crippen LogP contribution in [0.25, 0.3) is 0 Å². The number of aliphatic carboxylic acids is 1. The molecule has 0 radical (unpaired) electrons. The highest BCUT2D eigenvalue weighted by atomic mass is 32.2. The lowest BCUT2D eigenvalue weighted by Gasteiger charge is -2.30. The second-order valence-corrected chi connectivity index (χ2v) is 7.95. The lowest BCUT2D eigenvalue weighted by molar-refractivity contribution is -0.143. The van der Waals surface area contributed by atoms with Gasteiger partial charge in [0, 0.05) is 25.2 Å². The predicted molar refractivity (Wildman–Crippen MR) is 86.6 cm³/mol. The molecule has 0 saturated carbocycles. The second-order valence-electron chi connectivity index (χ2n) is 6.11. The van der Waals surface area contributed by atoms with Crippen LogP contribution in [0.1, 0.15) is 40.5 Å². The number of piperidine rings is 1. The first kappa shape index (κ1) is 17.4. The number of carboxylic acids is 1. The van der Waals surface area contributed by atoms with Gasteiger partial charge < -0.3 is 10.0 Å². The van der Waals surface area contributed by atoms with Gasteiger partial charge in [0.1, 0.15) is 4.90 Å². The Hall–Kier alpha value is -2.42. The molecule has 2 aliphatic heterocycles. The molecule has 25 heavy (non-hydrogen) atoms. The van der Waals surface area contributed by atoms with E-state index < -0.39 is 33.7 Å². The Morgan fingerprint density at radius 2 is 2.04 bits per heavy atom. The number of hydrogen-bond acceptors (Lipinski definition) is 5. The van der Waals surface area contributed by atoms with Crippen LogP contribution in [0.3, 0.4) is 0 Å². The van der Waals surface area contributed by atoms with E-state index in [1.165, 1.54) is 23.1 Å². The fraction of sp³-hybridized carbons (Fsp3) is 0.438. The van der Waals surface area contributed by atoms with Gasteiger partial charge in [-0.3, -0.25) is 14.4 Å². The highest BCUT2D eigenvalue weighted by molar-refractivity contribution is 7.90. The summed E-state index contributed by atoms with van der Waals surface area (Å²) in [6.45, 7) is 2.10. The second kappa shape index (κ2) is 6.14. The summed E-state index contributed by atoms with van der Waals surface area (Å²) >= 11 is 0. The molecule has 9 heteroatoms. The van der Waals surface area contributed by atoms with E-state index >= 15 is 0 Å². The van der Waals surface area contributed by atoms with Crippen molar-refractivity contribution in [2.45, 2.75) is 24.7 Å². The quantitative estimate of drug-likeness (QED) is 0.846. The zero-order valence-electron chi connectivity index (χ0n) is 13.6. The molecule has 2 heterocycles. The summed E-state index contributed by atoms with van der Waals surface area (Å²) < 4.78 is 25.6. The number of rotatable bonds is 3. The molecule has 1 N–H and O–H groups in total. The van der Waals surface area contributed by atoms with Gasteiger partial charge in [-0.2, -0.15) is 0 Å². The molecule has 2 aliphatic rings. The number of benzene rings is 1. The number of amides is 2. The standard InChI is InChI=1S/C16H18N2O6S/c1-2-18-15(20)12-6-5-10(8-13(12)25(18,23)24)14(19)17-7-3-4-11(9-17)16(21)22/h5-6,8,11H,2-4,7,9H2,1H3,(H,21,22). The van der Waals surface area contributed by atoms with Gasteiger partial charge in [-0.1, -0.05) is 0 Å². The van der Waals surface area contributed by atoms with Crippen molar-refractivity contribution in [3.05, 3.63) is 29.3 Å². The summed E-state index contributed by atoms with van der Waals surface area (Å²) in [4.78, 5) is 37.2. The maximum Gasteiger partial charge on any atom is 0.308 e. The molecule has 0 bridgehead atoms. The Balaban J connectivity index is 1.92. The van der Waals surface area contributed by atoms with E-state index in [1.54, 1.807) is 6.92 Å². The third kappa shape index (κ3) is 2.78. The van der Waals surface area contributed by atoms with E-state index in [0.717, 1.165) is 4.31 Å². The van der Waals surface area contributed by atoms with E-state index in [0.29, 0.717) is 19.4 Å². The lowest BCUT2D eigenvalue weighted by atomic mass is 9.97. The summed E-state index contributed by atoms with van der Waals surface area (Å²) in [5.41, 5.74) is 0.194. The Morgan fingerprint density at radius 3 is 2.68 bits per heavy atom. The largest absolute Gasteiger partial charge is 0.481 e. The molecule has 3 rings (SSSR count). The first-order valence-electron chi connectivity index (χ1n) is 8.00. The summed E-state index contributed by atoms with van der Waals surface area (Å²) in [5, 5.41) is 9.13. The van der Waals surface area contributed by atoms with Gasteiger partial charge in [0.25, 0.3) is 21.8 Å². The van der Waals surface area contributed by atoms with Crippen LogP contribution in [-0.2, 0) is 14.8 Å². The van der Waals surface area contributed by atoms with Crippen LogP contribution >= 0.6 is 0 Å². The Kier molecular flexibility index (Phi) is 4.28. The monoisotopic (exact) mass is 366 g/mol. The maximum absolute atomic E-state index is 12.7. The first-order chi connectivity index (χ1) is 11.8. The Labute approximate surface area is 145 Å². The van der Waals surface area contributed by atoms with Gasteiger partial charge in [-0.15, -0.1) is 0 Å². The van der Waals surface area contributed by atoms with E-state index in [9.17, 15) is 22.8 Å². The van der Waals surface area contributed by atoms with Crippen LogP contribution in [0.2, 0.25) is 0 Å². The average molecular weight is 366 g/mol. The van der Waals surface area contributed by atoms with Gasteiger partial charge in [0.15, 0.2) is 0 Å². The van der Waals surface area contributed by atoms with Crippen molar-refractivity contribution in [2.75, 3.05) is 19.6 Å². The van der Waals surface area contributed by atoms with Crippen molar-refractivity contribution in [1.82, 2.24) is 9.21 Å². The highest BCUT2D eigenvalue weighted by Crippen LogP contribution is 2.31. The minimum Gasteiger partial charge on any atom is -0.481 e. The normalized spacial score (nSPS) is 22.0. The third-order valence-corrected chi connectivity index (χ3v) is 6.50. The van der Waals surface area contributed by atoms with Crippen LogP contribution in [0.15, 0.2) is 23.1 Å². The minimum absolute atomic E-state index is 0.0194. The maximum atomic E-state index is 12.7. The number of sulfonamides is 1. The smallest absolute Gasteiger partial charge is 0.308 e. The van der Waals surface area contributed by atoms with Gasteiger partial charge in [0.2, 0.25) is 0 Å². The van der Waals surface area contributed by atoms with Crippen molar-refractivity contribution >= 4 is 27.8 Å². The van der Waals surface area contributed by atoms with Crippen molar-refractivity contribution in [3.63, 3.8) is 0 Å². The fourth-order valence-corrected chi connectivity index (χ4v) is 4.87. The summed E-state index contributed by atoms with van der Waals surface area (Å²) in [5.74, 6) is -2.59. The molecule has 8 nitrogen and oxygen atoms in total. The number of carbonyl (C=O) groups excluding carboxylic acids is 2. The first-order valence-corrected chi connectivity index (χ1v) is 9.44.